The van der Waals surface area contributed by atoms with Crippen molar-refractivity contribution in [3.05, 3.63) is 24.5 Å². The number of carbonyl (C=O) groups is 2. The normalized spacial score (nSPS) is 22.5. The van der Waals surface area contributed by atoms with Crippen LogP contribution >= 0.6 is 0 Å². The molecule has 2 aliphatic heterocycles. The van der Waals surface area contributed by atoms with E-state index in [9.17, 15) is 9.59 Å². The third-order valence-corrected chi connectivity index (χ3v) is 6.56. The summed E-state index contributed by atoms with van der Waals surface area (Å²) in [6.07, 6.45) is 5.55. The summed E-state index contributed by atoms with van der Waals surface area (Å²) in [5.41, 5.74) is 1.98. The second-order valence-corrected chi connectivity index (χ2v) is 8.54. The van der Waals surface area contributed by atoms with Gasteiger partial charge in [-0.05, 0) is 37.5 Å². The molecule has 1 atom stereocenters. The largest absolute Gasteiger partial charge is 0.474 e. The molecule has 1 aromatic carbocycles. The van der Waals surface area contributed by atoms with E-state index in [2.05, 4.69) is 27.0 Å². The molecule has 8 heteroatoms. The van der Waals surface area contributed by atoms with E-state index in [0.29, 0.717) is 31.9 Å². The first-order chi connectivity index (χ1) is 14.6. The summed E-state index contributed by atoms with van der Waals surface area (Å²) in [5, 5.41) is 0.938. The summed E-state index contributed by atoms with van der Waals surface area (Å²) in [6.45, 7) is 3.40. The molecule has 3 heterocycles. The minimum Gasteiger partial charge on any atom is -0.474 e. The molecule has 1 unspecified atom stereocenters. The highest BCUT2D eigenvalue weighted by atomic mass is 16.5. The standard InChI is InChI=1S/C22H27N5O3/c1-25-13-15(11-20(25)28)22(29)27-9-7-26(8-10-27)16-5-6-19-18(12-16)21(24-14-23-19)30-17-3-2-4-17/h5-6,12,14-15,17H,2-4,7-11,13H2,1H3. The van der Waals surface area contributed by atoms with E-state index < -0.39 is 0 Å². The highest BCUT2D eigenvalue weighted by Gasteiger charge is 2.35. The van der Waals surface area contributed by atoms with Crippen molar-refractivity contribution in [3.8, 4) is 5.88 Å². The summed E-state index contributed by atoms with van der Waals surface area (Å²) >= 11 is 0. The molecule has 1 aromatic heterocycles. The fourth-order valence-electron chi connectivity index (χ4n) is 4.43. The van der Waals surface area contributed by atoms with Gasteiger partial charge in [0.1, 0.15) is 12.4 Å². The number of ether oxygens (including phenoxy) is 1. The van der Waals surface area contributed by atoms with E-state index in [4.69, 9.17) is 4.74 Å². The number of hydrogen-bond donors (Lipinski definition) is 0. The maximum absolute atomic E-state index is 12.8. The Morgan fingerprint density at radius 1 is 1.13 bits per heavy atom. The van der Waals surface area contributed by atoms with Crippen LogP contribution in [-0.2, 0) is 9.59 Å². The van der Waals surface area contributed by atoms with Crippen LogP contribution in [0, 0.1) is 5.92 Å². The second-order valence-electron chi connectivity index (χ2n) is 8.54. The van der Waals surface area contributed by atoms with Crippen LogP contribution in [0.1, 0.15) is 25.7 Å². The number of nitrogens with zero attached hydrogens (tertiary/aromatic N) is 5. The van der Waals surface area contributed by atoms with E-state index >= 15 is 0 Å². The number of amides is 2. The highest BCUT2D eigenvalue weighted by molar-refractivity contribution is 5.89. The molecular formula is C22H27N5O3. The first kappa shape index (κ1) is 19.1. The number of piperazine rings is 1. The van der Waals surface area contributed by atoms with E-state index in [-0.39, 0.29) is 23.8 Å². The molecule has 0 N–H and O–H groups in total. The first-order valence-electron chi connectivity index (χ1n) is 10.8. The van der Waals surface area contributed by atoms with Crippen molar-refractivity contribution in [2.24, 2.45) is 5.92 Å². The first-order valence-corrected chi connectivity index (χ1v) is 10.8. The van der Waals surface area contributed by atoms with Crippen LogP contribution < -0.4 is 9.64 Å². The number of hydrogen-bond acceptors (Lipinski definition) is 6. The third kappa shape index (κ3) is 3.55. The SMILES string of the molecule is CN1CC(C(=O)N2CCN(c3ccc4ncnc(OC5CCC5)c4c3)CC2)CC1=O. The number of anilines is 1. The molecule has 0 bridgehead atoms. The van der Waals surface area contributed by atoms with Crippen molar-refractivity contribution >= 4 is 28.4 Å². The van der Waals surface area contributed by atoms with Crippen LogP contribution in [0.3, 0.4) is 0 Å². The van der Waals surface area contributed by atoms with Gasteiger partial charge in [-0.3, -0.25) is 9.59 Å². The molecular weight excluding hydrogens is 382 g/mol. The molecule has 30 heavy (non-hydrogen) atoms. The predicted molar refractivity (Wildman–Crippen MR) is 112 cm³/mol. The topological polar surface area (TPSA) is 78.9 Å². The Bertz CT molecular complexity index is 968. The van der Waals surface area contributed by atoms with E-state index in [1.54, 1.807) is 18.3 Å². The highest BCUT2D eigenvalue weighted by Crippen LogP contribution is 2.31. The quantitative estimate of drug-likeness (QED) is 0.765. The van der Waals surface area contributed by atoms with Crippen LogP contribution in [0.5, 0.6) is 5.88 Å². The Hall–Kier alpha value is -2.90. The van der Waals surface area contributed by atoms with Crippen molar-refractivity contribution in [2.45, 2.75) is 31.8 Å². The lowest BCUT2D eigenvalue weighted by molar-refractivity contribution is -0.136. The maximum atomic E-state index is 12.8. The number of fused-ring (bicyclic) bond motifs is 1. The van der Waals surface area contributed by atoms with Crippen LogP contribution in [-0.4, -0.2) is 77.5 Å². The molecule has 1 saturated carbocycles. The van der Waals surface area contributed by atoms with Crippen molar-refractivity contribution < 1.29 is 14.3 Å². The van der Waals surface area contributed by atoms with Crippen LogP contribution in [0.25, 0.3) is 10.9 Å². The lowest BCUT2D eigenvalue weighted by atomic mass is 9.96. The van der Waals surface area contributed by atoms with Gasteiger partial charge in [0.15, 0.2) is 0 Å². The van der Waals surface area contributed by atoms with Gasteiger partial charge in [-0.15, -0.1) is 0 Å². The van der Waals surface area contributed by atoms with E-state index in [1.807, 2.05) is 11.0 Å². The molecule has 1 aliphatic carbocycles. The Morgan fingerprint density at radius 2 is 1.93 bits per heavy atom. The minimum absolute atomic E-state index is 0.0605. The smallest absolute Gasteiger partial charge is 0.228 e. The number of likely N-dealkylation sites (tertiary alicyclic amines) is 1. The fraction of sp³-hybridized carbons (Fsp3) is 0.545. The molecule has 5 rings (SSSR count). The van der Waals surface area contributed by atoms with Crippen molar-refractivity contribution in [3.63, 3.8) is 0 Å². The van der Waals surface area contributed by atoms with Crippen molar-refractivity contribution in [2.75, 3.05) is 44.7 Å². The van der Waals surface area contributed by atoms with Crippen molar-refractivity contribution in [1.82, 2.24) is 19.8 Å². The molecule has 0 spiro atoms. The van der Waals surface area contributed by atoms with Gasteiger partial charge in [-0.1, -0.05) is 0 Å². The molecule has 3 aliphatic rings. The van der Waals surface area contributed by atoms with Gasteiger partial charge in [0.05, 0.1) is 16.8 Å². The van der Waals surface area contributed by atoms with Gasteiger partial charge in [-0.2, -0.15) is 0 Å². The van der Waals surface area contributed by atoms with Gasteiger partial charge >= 0.3 is 0 Å². The van der Waals surface area contributed by atoms with Crippen LogP contribution in [0.4, 0.5) is 5.69 Å². The Labute approximate surface area is 175 Å². The second kappa shape index (κ2) is 7.74. The van der Waals surface area contributed by atoms with Crippen molar-refractivity contribution in [1.29, 1.82) is 0 Å². The Balaban J connectivity index is 1.27. The molecule has 2 aromatic rings. The van der Waals surface area contributed by atoms with Gasteiger partial charge in [0, 0.05) is 51.9 Å². The Kier molecular flexibility index (Phi) is 4.92. The Morgan fingerprint density at radius 3 is 2.60 bits per heavy atom. The number of rotatable bonds is 4. The molecule has 158 valence electrons. The van der Waals surface area contributed by atoms with Gasteiger partial charge in [0.25, 0.3) is 0 Å². The number of benzene rings is 1. The number of carbonyl (C=O) groups excluding carboxylic acids is 2. The molecule has 8 nitrogen and oxygen atoms in total. The average Bonchev–Trinajstić information content (AvgIpc) is 3.08. The summed E-state index contributed by atoms with van der Waals surface area (Å²) < 4.78 is 6.07. The zero-order valence-electron chi connectivity index (χ0n) is 17.3. The molecule has 2 amide bonds. The monoisotopic (exact) mass is 409 g/mol. The fourth-order valence-corrected chi connectivity index (χ4v) is 4.43. The zero-order valence-corrected chi connectivity index (χ0v) is 17.3. The van der Waals surface area contributed by atoms with Gasteiger partial charge < -0.3 is 19.4 Å². The van der Waals surface area contributed by atoms with Crippen LogP contribution in [0.2, 0.25) is 0 Å². The van der Waals surface area contributed by atoms with E-state index in [0.717, 1.165) is 42.5 Å². The summed E-state index contributed by atoms with van der Waals surface area (Å²) in [5.74, 6) is 0.634. The van der Waals surface area contributed by atoms with Gasteiger partial charge in [0.2, 0.25) is 17.7 Å². The summed E-state index contributed by atoms with van der Waals surface area (Å²) in [4.78, 5) is 39.1. The molecule has 2 saturated heterocycles. The van der Waals surface area contributed by atoms with Crippen LogP contribution in [0.15, 0.2) is 24.5 Å². The molecule has 0 radical (unpaired) electrons. The number of aromatic nitrogens is 2. The lowest BCUT2D eigenvalue weighted by Crippen LogP contribution is -2.50. The lowest BCUT2D eigenvalue weighted by Gasteiger charge is -2.37. The van der Waals surface area contributed by atoms with Gasteiger partial charge in [-0.25, -0.2) is 9.97 Å². The minimum atomic E-state index is -0.196. The molecule has 3 fully saturated rings. The van der Waals surface area contributed by atoms with E-state index in [1.165, 1.54) is 6.42 Å². The summed E-state index contributed by atoms with van der Waals surface area (Å²) in [6, 6.07) is 6.19. The third-order valence-electron chi connectivity index (χ3n) is 6.56. The maximum Gasteiger partial charge on any atom is 0.228 e. The zero-order chi connectivity index (χ0) is 20.7. The predicted octanol–water partition coefficient (Wildman–Crippen LogP) is 1.69. The average molecular weight is 409 g/mol. The summed E-state index contributed by atoms with van der Waals surface area (Å²) in [7, 11) is 1.76.